The smallest absolute Gasteiger partial charge is 0.198 e. The fourth-order valence-corrected chi connectivity index (χ4v) is 3.10. The van der Waals surface area contributed by atoms with Crippen LogP contribution in [0.15, 0.2) is 60.7 Å². The minimum atomic E-state index is 1.04. The first-order valence-electron chi connectivity index (χ1n) is 8.22. The molecule has 0 aliphatic heterocycles. The Morgan fingerprint density at radius 3 is 1.92 bits per heavy atom. The standard InChI is InChI=1S/C23H22N/c1-17-19(3)24(4)23(21-13-9-6-10-14-21)18(2)22(17)16-15-20-11-7-5-8-12-20/h5-14H,1-4H3/q+1. The lowest BCUT2D eigenvalue weighted by atomic mass is 9.96. The zero-order valence-electron chi connectivity index (χ0n) is 14.7. The molecule has 0 atom stereocenters. The second-order valence-electron chi connectivity index (χ2n) is 6.10. The Balaban J connectivity index is 2.21. The minimum Gasteiger partial charge on any atom is -0.198 e. The number of aromatic nitrogens is 1. The van der Waals surface area contributed by atoms with Crippen molar-refractivity contribution >= 4 is 0 Å². The van der Waals surface area contributed by atoms with E-state index in [1.54, 1.807) is 0 Å². The zero-order chi connectivity index (χ0) is 17.1. The van der Waals surface area contributed by atoms with Crippen molar-refractivity contribution in [2.45, 2.75) is 20.8 Å². The van der Waals surface area contributed by atoms with Gasteiger partial charge < -0.3 is 0 Å². The molecule has 0 unspecified atom stereocenters. The summed E-state index contributed by atoms with van der Waals surface area (Å²) in [5, 5.41) is 0. The third kappa shape index (κ3) is 2.96. The molecule has 0 aliphatic carbocycles. The molecular formula is C23H22N+. The van der Waals surface area contributed by atoms with E-state index in [0.29, 0.717) is 0 Å². The molecule has 3 aromatic rings. The number of benzene rings is 2. The molecule has 0 N–H and O–H groups in total. The lowest BCUT2D eigenvalue weighted by Gasteiger charge is -2.12. The van der Waals surface area contributed by atoms with Crippen molar-refractivity contribution in [2.75, 3.05) is 0 Å². The van der Waals surface area contributed by atoms with Gasteiger partial charge in [-0.15, -0.1) is 0 Å². The Morgan fingerprint density at radius 1 is 0.708 bits per heavy atom. The highest BCUT2D eigenvalue weighted by molar-refractivity contribution is 5.65. The first-order chi connectivity index (χ1) is 11.6. The SMILES string of the molecule is Cc1c(C#Cc2ccccc2)c(C)c(-c2ccccc2)[n+](C)c1C. The molecular weight excluding hydrogens is 290 g/mol. The molecule has 1 aromatic heterocycles. The van der Waals surface area contributed by atoms with Gasteiger partial charge >= 0.3 is 0 Å². The number of hydrogen-bond donors (Lipinski definition) is 0. The molecule has 1 nitrogen and oxygen atoms in total. The normalized spacial score (nSPS) is 10.2. The molecule has 1 heterocycles. The summed E-state index contributed by atoms with van der Waals surface area (Å²) in [5.74, 6) is 6.72. The Morgan fingerprint density at radius 2 is 1.29 bits per heavy atom. The lowest BCUT2D eigenvalue weighted by Crippen LogP contribution is -2.37. The third-order valence-electron chi connectivity index (χ3n) is 4.64. The second kappa shape index (κ2) is 6.72. The predicted molar refractivity (Wildman–Crippen MR) is 99.7 cm³/mol. The van der Waals surface area contributed by atoms with E-state index in [9.17, 15) is 0 Å². The number of hydrogen-bond acceptors (Lipinski definition) is 0. The molecule has 1 heteroatoms. The Bertz CT molecular complexity index is 927. The Labute approximate surface area is 144 Å². The van der Waals surface area contributed by atoms with Gasteiger partial charge in [0.2, 0.25) is 5.69 Å². The molecule has 2 aromatic carbocycles. The number of nitrogens with zero attached hydrogens (tertiary/aromatic N) is 1. The maximum Gasteiger partial charge on any atom is 0.216 e. The van der Waals surface area contributed by atoms with E-state index < -0.39 is 0 Å². The van der Waals surface area contributed by atoms with Gasteiger partial charge in [-0.2, -0.15) is 4.57 Å². The van der Waals surface area contributed by atoms with Crippen molar-refractivity contribution in [3.63, 3.8) is 0 Å². The van der Waals surface area contributed by atoms with Crippen LogP contribution in [0.5, 0.6) is 0 Å². The van der Waals surface area contributed by atoms with Crippen LogP contribution in [0.1, 0.15) is 27.9 Å². The maximum absolute atomic E-state index is 3.41. The van der Waals surface area contributed by atoms with E-state index in [1.165, 1.54) is 28.1 Å². The number of pyridine rings is 1. The summed E-state index contributed by atoms with van der Waals surface area (Å²) in [6, 6.07) is 20.7. The van der Waals surface area contributed by atoms with Crippen LogP contribution in [0.25, 0.3) is 11.3 Å². The van der Waals surface area contributed by atoms with Crippen molar-refractivity contribution in [3.05, 3.63) is 88.6 Å². The van der Waals surface area contributed by atoms with E-state index in [1.807, 2.05) is 30.3 Å². The topological polar surface area (TPSA) is 3.88 Å². The summed E-state index contributed by atoms with van der Waals surface area (Å²) >= 11 is 0. The highest BCUT2D eigenvalue weighted by Gasteiger charge is 2.22. The van der Waals surface area contributed by atoms with Crippen LogP contribution in [0.3, 0.4) is 0 Å². The van der Waals surface area contributed by atoms with E-state index in [-0.39, 0.29) is 0 Å². The molecule has 0 amide bonds. The van der Waals surface area contributed by atoms with Crippen molar-refractivity contribution in [1.29, 1.82) is 0 Å². The maximum atomic E-state index is 3.41. The molecule has 0 spiro atoms. The Kier molecular flexibility index (Phi) is 4.49. The van der Waals surface area contributed by atoms with Crippen molar-refractivity contribution in [2.24, 2.45) is 7.05 Å². The van der Waals surface area contributed by atoms with Crippen LogP contribution in [0.4, 0.5) is 0 Å². The molecule has 24 heavy (non-hydrogen) atoms. The molecule has 0 saturated heterocycles. The predicted octanol–water partition coefficient (Wildman–Crippen LogP) is 4.50. The molecule has 0 saturated carbocycles. The van der Waals surface area contributed by atoms with Crippen molar-refractivity contribution < 1.29 is 4.57 Å². The fraction of sp³-hybridized carbons (Fsp3) is 0.174. The van der Waals surface area contributed by atoms with E-state index >= 15 is 0 Å². The largest absolute Gasteiger partial charge is 0.216 e. The first kappa shape index (κ1) is 16.0. The van der Waals surface area contributed by atoms with Gasteiger partial charge in [-0.05, 0) is 38.1 Å². The quantitative estimate of drug-likeness (QED) is 0.460. The van der Waals surface area contributed by atoms with Crippen LogP contribution in [-0.4, -0.2) is 0 Å². The summed E-state index contributed by atoms with van der Waals surface area (Å²) in [4.78, 5) is 0. The molecule has 0 radical (unpaired) electrons. The van der Waals surface area contributed by atoms with Gasteiger partial charge in [-0.3, -0.25) is 0 Å². The molecule has 0 fully saturated rings. The average Bonchev–Trinajstić information content (AvgIpc) is 2.62. The summed E-state index contributed by atoms with van der Waals surface area (Å²) in [7, 11) is 2.13. The van der Waals surface area contributed by atoms with Gasteiger partial charge in [0.1, 0.15) is 7.05 Å². The van der Waals surface area contributed by atoms with Crippen LogP contribution >= 0.6 is 0 Å². The van der Waals surface area contributed by atoms with E-state index in [4.69, 9.17) is 0 Å². The molecule has 3 rings (SSSR count). The van der Waals surface area contributed by atoms with Crippen molar-refractivity contribution in [3.8, 4) is 23.1 Å². The second-order valence-corrected chi connectivity index (χ2v) is 6.10. The van der Waals surface area contributed by atoms with Gasteiger partial charge in [0.05, 0.1) is 0 Å². The zero-order valence-corrected chi connectivity index (χ0v) is 14.7. The van der Waals surface area contributed by atoms with Crippen LogP contribution in [0.2, 0.25) is 0 Å². The molecule has 118 valence electrons. The number of rotatable bonds is 1. The summed E-state index contributed by atoms with van der Waals surface area (Å²) in [6.45, 7) is 6.49. The van der Waals surface area contributed by atoms with Gasteiger partial charge in [-0.25, -0.2) is 0 Å². The van der Waals surface area contributed by atoms with Gasteiger partial charge in [-0.1, -0.05) is 48.2 Å². The van der Waals surface area contributed by atoms with Crippen molar-refractivity contribution in [1.82, 2.24) is 0 Å². The average molecular weight is 312 g/mol. The van der Waals surface area contributed by atoms with Crippen LogP contribution in [0, 0.1) is 32.6 Å². The van der Waals surface area contributed by atoms with Gasteiger partial charge in [0.15, 0.2) is 5.69 Å². The summed E-state index contributed by atoms with van der Waals surface area (Å²) in [6.07, 6.45) is 0. The highest BCUT2D eigenvalue weighted by Crippen LogP contribution is 2.25. The van der Waals surface area contributed by atoms with Gasteiger partial charge in [0, 0.05) is 34.7 Å². The third-order valence-corrected chi connectivity index (χ3v) is 4.64. The molecule has 0 bridgehead atoms. The van der Waals surface area contributed by atoms with Crippen LogP contribution < -0.4 is 4.57 Å². The van der Waals surface area contributed by atoms with E-state index in [0.717, 1.165) is 11.1 Å². The summed E-state index contributed by atoms with van der Waals surface area (Å²) < 4.78 is 2.27. The van der Waals surface area contributed by atoms with E-state index in [2.05, 4.69) is 74.6 Å². The fourth-order valence-electron chi connectivity index (χ4n) is 3.10. The van der Waals surface area contributed by atoms with Crippen LogP contribution in [-0.2, 0) is 7.05 Å². The molecule has 0 aliphatic rings. The first-order valence-corrected chi connectivity index (χ1v) is 8.22. The van der Waals surface area contributed by atoms with Gasteiger partial charge in [0.25, 0.3) is 0 Å². The summed E-state index contributed by atoms with van der Waals surface area (Å²) in [5.41, 5.74) is 8.36. The Hall–Kier alpha value is -2.85. The highest BCUT2D eigenvalue weighted by atomic mass is 14.9. The minimum absolute atomic E-state index is 1.04. The lowest BCUT2D eigenvalue weighted by molar-refractivity contribution is -0.667. The monoisotopic (exact) mass is 312 g/mol.